The van der Waals surface area contributed by atoms with Crippen molar-refractivity contribution in [2.24, 2.45) is 5.41 Å². The van der Waals surface area contributed by atoms with Crippen LogP contribution in [0.4, 0.5) is 0 Å². The van der Waals surface area contributed by atoms with Crippen molar-refractivity contribution in [3.05, 3.63) is 18.0 Å². The molecule has 0 N–H and O–H groups in total. The molecule has 6 heteroatoms. The summed E-state index contributed by atoms with van der Waals surface area (Å²) in [5.41, 5.74) is 0.0730. The van der Waals surface area contributed by atoms with Crippen molar-refractivity contribution in [2.45, 2.75) is 44.6 Å². The van der Waals surface area contributed by atoms with E-state index in [0.717, 1.165) is 5.69 Å². The van der Waals surface area contributed by atoms with E-state index in [9.17, 15) is 13.7 Å². The van der Waals surface area contributed by atoms with Crippen molar-refractivity contribution in [1.82, 2.24) is 9.78 Å². The van der Waals surface area contributed by atoms with Crippen LogP contribution in [0.15, 0.2) is 12.3 Å². The largest absolute Gasteiger partial charge is 0.269 e. The Kier molecular flexibility index (Phi) is 3.33. The van der Waals surface area contributed by atoms with E-state index < -0.39 is 15.3 Å². The first-order chi connectivity index (χ1) is 9.52. The number of aromatic nitrogens is 2. The third-order valence-electron chi connectivity index (χ3n) is 4.51. The fraction of sp³-hybridized carbons (Fsp3) is 0.714. The summed E-state index contributed by atoms with van der Waals surface area (Å²) >= 11 is 0. The number of rotatable bonds is 3. The van der Waals surface area contributed by atoms with Crippen LogP contribution in [0.25, 0.3) is 0 Å². The van der Waals surface area contributed by atoms with Crippen molar-refractivity contribution in [2.75, 3.05) is 11.5 Å². The minimum Gasteiger partial charge on any atom is -0.269 e. The first-order valence-electron chi connectivity index (χ1n) is 7.18. The Balaban J connectivity index is 1.76. The van der Waals surface area contributed by atoms with E-state index in [1.54, 1.807) is 0 Å². The zero-order valence-electron chi connectivity index (χ0n) is 11.5. The monoisotopic (exact) mass is 293 g/mol. The third-order valence-corrected chi connectivity index (χ3v) is 6.33. The molecule has 0 radical (unpaired) electrons. The Morgan fingerprint density at radius 2 is 2.20 bits per heavy atom. The van der Waals surface area contributed by atoms with E-state index >= 15 is 0 Å². The van der Waals surface area contributed by atoms with Crippen molar-refractivity contribution in [1.29, 1.82) is 5.26 Å². The molecule has 1 aromatic heterocycles. The molecule has 1 unspecified atom stereocenters. The van der Waals surface area contributed by atoms with Crippen LogP contribution in [-0.2, 0) is 16.3 Å². The SMILES string of the molecule is N#CC1(Cc2ccn(C3CCCC3)n2)CCS(=O)(=O)C1. The summed E-state index contributed by atoms with van der Waals surface area (Å²) in [5, 5.41) is 13.9. The zero-order chi connectivity index (χ0) is 14.2. The normalized spacial score (nSPS) is 29.6. The molecule has 1 aliphatic carbocycles. The standard InChI is InChI=1S/C14H19N3O2S/c15-10-14(6-8-20(18,19)11-14)9-12-5-7-17(16-12)13-3-1-2-4-13/h5,7,13H,1-4,6,8-9,11H2. The maximum atomic E-state index is 11.6. The molecule has 20 heavy (non-hydrogen) atoms. The molecule has 1 aromatic rings. The highest BCUT2D eigenvalue weighted by Gasteiger charge is 2.43. The number of hydrogen-bond donors (Lipinski definition) is 0. The molecule has 2 aliphatic rings. The maximum absolute atomic E-state index is 11.6. The maximum Gasteiger partial charge on any atom is 0.151 e. The van der Waals surface area contributed by atoms with E-state index in [0.29, 0.717) is 18.9 Å². The first-order valence-corrected chi connectivity index (χ1v) is 9.00. The van der Waals surface area contributed by atoms with E-state index in [-0.39, 0.29) is 11.5 Å². The van der Waals surface area contributed by atoms with Gasteiger partial charge in [0.1, 0.15) is 0 Å². The molecule has 0 bridgehead atoms. The predicted molar refractivity (Wildman–Crippen MR) is 74.8 cm³/mol. The van der Waals surface area contributed by atoms with Gasteiger partial charge in [0.15, 0.2) is 9.84 Å². The second-order valence-corrected chi connectivity index (χ2v) is 8.32. The van der Waals surface area contributed by atoms with E-state index in [1.807, 2.05) is 16.9 Å². The summed E-state index contributed by atoms with van der Waals surface area (Å²) in [4.78, 5) is 0. The predicted octanol–water partition coefficient (Wildman–Crippen LogP) is 1.87. The van der Waals surface area contributed by atoms with Crippen LogP contribution >= 0.6 is 0 Å². The molecule has 0 spiro atoms. The molecule has 1 saturated carbocycles. The van der Waals surface area contributed by atoms with Gasteiger partial charge < -0.3 is 0 Å². The van der Waals surface area contributed by atoms with Gasteiger partial charge in [-0.25, -0.2) is 8.42 Å². The molecule has 1 saturated heterocycles. The average Bonchev–Trinajstić information content (AvgIpc) is 3.10. The van der Waals surface area contributed by atoms with Gasteiger partial charge in [0.05, 0.1) is 34.7 Å². The Bertz CT molecular complexity index is 638. The summed E-state index contributed by atoms with van der Waals surface area (Å²) in [6.07, 6.45) is 7.68. The van der Waals surface area contributed by atoms with Crippen LogP contribution in [-0.4, -0.2) is 29.7 Å². The van der Waals surface area contributed by atoms with E-state index in [1.165, 1.54) is 25.7 Å². The fourth-order valence-electron chi connectivity index (χ4n) is 3.37. The van der Waals surface area contributed by atoms with Gasteiger partial charge in [-0.05, 0) is 25.3 Å². The highest BCUT2D eigenvalue weighted by atomic mass is 32.2. The highest BCUT2D eigenvalue weighted by molar-refractivity contribution is 7.91. The topological polar surface area (TPSA) is 75.8 Å². The summed E-state index contributed by atoms with van der Waals surface area (Å²) in [6, 6.07) is 4.65. The number of nitriles is 1. The molecule has 3 rings (SSSR count). The lowest BCUT2D eigenvalue weighted by molar-refractivity contribution is 0.427. The van der Waals surface area contributed by atoms with Gasteiger partial charge in [-0.15, -0.1) is 0 Å². The molecular formula is C14H19N3O2S. The van der Waals surface area contributed by atoms with Gasteiger partial charge in [0.25, 0.3) is 0 Å². The summed E-state index contributed by atoms with van der Waals surface area (Å²) in [6.45, 7) is 0. The van der Waals surface area contributed by atoms with Gasteiger partial charge in [0, 0.05) is 12.6 Å². The van der Waals surface area contributed by atoms with Crippen molar-refractivity contribution in [3.8, 4) is 6.07 Å². The summed E-state index contributed by atoms with van der Waals surface area (Å²) in [5.74, 6) is 0.108. The Morgan fingerprint density at radius 1 is 1.45 bits per heavy atom. The number of nitrogens with zero attached hydrogens (tertiary/aromatic N) is 3. The van der Waals surface area contributed by atoms with E-state index in [4.69, 9.17) is 0 Å². The molecular weight excluding hydrogens is 274 g/mol. The molecule has 2 heterocycles. The highest BCUT2D eigenvalue weighted by Crippen LogP contribution is 2.35. The van der Waals surface area contributed by atoms with Gasteiger partial charge in [-0.2, -0.15) is 10.4 Å². The van der Waals surface area contributed by atoms with Crippen molar-refractivity contribution < 1.29 is 8.42 Å². The smallest absolute Gasteiger partial charge is 0.151 e. The molecule has 0 aromatic carbocycles. The number of hydrogen-bond acceptors (Lipinski definition) is 4. The third kappa shape index (κ3) is 2.59. The fourth-order valence-corrected chi connectivity index (χ4v) is 5.37. The van der Waals surface area contributed by atoms with E-state index in [2.05, 4.69) is 11.2 Å². The average molecular weight is 293 g/mol. The van der Waals surface area contributed by atoms with Crippen molar-refractivity contribution >= 4 is 9.84 Å². The van der Waals surface area contributed by atoms with Crippen molar-refractivity contribution in [3.63, 3.8) is 0 Å². The van der Waals surface area contributed by atoms with Gasteiger partial charge in [0.2, 0.25) is 0 Å². The van der Waals surface area contributed by atoms with Gasteiger partial charge >= 0.3 is 0 Å². The first kappa shape index (κ1) is 13.6. The van der Waals surface area contributed by atoms with Crippen LogP contribution < -0.4 is 0 Å². The lowest BCUT2D eigenvalue weighted by atomic mass is 9.84. The van der Waals surface area contributed by atoms with Crippen LogP contribution in [0.1, 0.15) is 43.8 Å². The van der Waals surface area contributed by atoms with Crippen LogP contribution in [0, 0.1) is 16.7 Å². The zero-order valence-corrected chi connectivity index (χ0v) is 12.3. The van der Waals surface area contributed by atoms with Gasteiger partial charge in [-0.1, -0.05) is 12.8 Å². The molecule has 1 atom stereocenters. The minimum atomic E-state index is -3.05. The second-order valence-electron chi connectivity index (χ2n) is 6.14. The van der Waals surface area contributed by atoms with Gasteiger partial charge in [-0.3, -0.25) is 4.68 Å². The summed E-state index contributed by atoms with van der Waals surface area (Å²) < 4.78 is 25.3. The molecule has 1 aliphatic heterocycles. The number of sulfone groups is 1. The Labute approximate surface area is 119 Å². The quantitative estimate of drug-likeness (QED) is 0.852. The molecule has 2 fully saturated rings. The minimum absolute atomic E-state index is 0.0210. The van der Waals surface area contributed by atoms with Crippen LogP contribution in [0.2, 0.25) is 0 Å². The Morgan fingerprint density at radius 3 is 2.80 bits per heavy atom. The molecule has 0 amide bonds. The lowest BCUT2D eigenvalue weighted by Crippen LogP contribution is -2.23. The second kappa shape index (κ2) is 4.88. The molecule has 5 nitrogen and oxygen atoms in total. The summed E-state index contributed by atoms with van der Waals surface area (Å²) in [7, 11) is -3.05. The Hall–Kier alpha value is -1.35. The van der Waals surface area contributed by atoms with Crippen LogP contribution in [0.5, 0.6) is 0 Å². The van der Waals surface area contributed by atoms with Crippen LogP contribution in [0.3, 0.4) is 0 Å². The lowest BCUT2D eigenvalue weighted by Gasteiger charge is -2.17. The molecule has 108 valence electrons.